The molecule has 26 heavy (non-hydrogen) atoms. The van der Waals surface area contributed by atoms with Gasteiger partial charge in [-0.15, -0.1) is 24.0 Å². The zero-order valence-corrected chi connectivity index (χ0v) is 19.3. The number of benzene rings is 1. The lowest BCUT2D eigenvalue weighted by Gasteiger charge is -2.39. The topological polar surface area (TPSA) is 65.0 Å². The first-order valence-corrected chi connectivity index (χ1v) is 10.4. The summed E-state index contributed by atoms with van der Waals surface area (Å²) in [6.45, 7) is 8.78. The molecule has 6 nitrogen and oxygen atoms in total. The van der Waals surface area contributed by atoms with E-state index in [1.807, 2.05) is 32.2 Å². The predicted octanol–water partition coefficient (Wildman–Crippen LogP) is 2.22. The molecule has 1 aromatic carbocycles. The van der Waals surface area contributed by atoms with Crippen LogP contribution in [-0.4, -0.2) is 69.5 Å². The smallest absolute Gasteiger partial charge is 0.194 e. The Bertz CT molecular complexity index is 692. The summed E-state index contributed by atoms with van der Waals surface area (Å²) >= 11 is 0. The molecule has 8 heteroatoms. The first-order valence-electron chi connectivity index (χ1n) is 8.78. The highest BCUT2D eigenvalue weighted by molar-refractivity contribution is 14.0. The number of nitrogens with one attached hydrogen (secondary N) is 1. The van der Waals surface area contributed by atoms with Crippen molar-refractivity contribution in [3.05, 3.63) is 30.3 Å². The summed E-state index contributed by atoms with van der Waals surface area (Å²) < 4.78 is 23.6. The maximum absolute atomic E-state index is 12.2. The van der Waals surface area contributed by atoms with E-state index in [1.165, 1.54) is 0 Å². The lowest BCUT2D eigenvalue weighted by atomic mass is 10.2. The third-order valence-electron chi connectivity index (χ3n) is 4.57. The Morgan fingerprint density at radius 2 is 1.96 bits per heavy atom. The van der Waals surface area contributed by atoms with E-state index in [1.54, 1.807) is 13.8 Å². The SMILES string of the molecule is CCNC(=NCCN(C)c1ccccc1)N1CCS(=O)(=O)C(C)(C)C1.I. The molecule has 0 amide bonds. The summed E-state index contributed by atoms with van der Waals surface area (Å²) in [7, 11) is -0.995. The molecule has 0 atom stereocenters. The lowest BCUT2D eigenvalue weighted by Crippen LogP contribution is -2.57. The van der Waals surface area contributed by atoms with Crippen LogP contribution in [0.4, 0.5) is 5.69 Å². The maximum atomic E-state index is 12.2. The molecule has 0 bridgehead atoms. The van der Waals surface area contributed by atoms with Gasteiger partial charge in [0.15, 0.2) is 15.8 Å². The molecule has 1 heterocycles. The van der Waals surface area contributed by atoms with E-state index < -0.39 is 14.6 Å². The molecule has 0 radical (unpaired) electrons. The molecule has 0 saturated carbocycles. The van der Waals surface area contributed by atoms with Crippen LogP contribution in [0, 0.1) is 0 Å². The third-order valence-corrected chi connectivity index (χ3v) is 7.10. The van der Waals surface area contributed by atoms with Gasteiger partial charge in [0, 0.05) is 38.9 Å². The Hall–Kier alpha value is -1.03. The van der Waals surface area contributed by atoms with Gasteiger partial charge in [-0.1, -0.05) is 18.2 Å². The van der Waals surface area contributed by atoms with Crippen molar-refractivity contribution in [1.29, 1.82) is 0 Å². The molecule has 0 spiro atoms. The molecule has 0 unspecified atom stereocenters. The van der Waals surface area contributed by atoms with E-state index in [2.05, 4.69) is 27.2 Å². The number of hydrogen-bond acceptors (Lipinski definition) is 4. The Labute approximate surface area is 175 Å². The summed E-state index contributed by atoms with van der Waals surface area (Å²) in [4.78, 5) is 8.94. The second-order valence-electron chi connectivity index (χ2n) is 6.99. The second-order valence-corrected chi connectivity index (χ2v) is 9.74. The Kier molecular flexibility index (Phi) is 8.65. The van der Waals surface area contributed by atoms with Gasteiger partial charge in [0.05, 0.1) is 17.0 Å². The number of nitrogens with zero attached hydrogens (tertiary/aromatic N) is 3. The molecule has 1 aromatic rings. The highest BCUT2D eigenvalue weighted by Gasteiger charge is 2.40. The highest BCUT2D eigenvalue weighted by Crippen LogP contribution is 2.23. The van der Waals surface area contributed by atoms with Gasteiger partial charge in [-0.05, 0) is 32.9 Å². The average Bonchev–Trinajstić information content (AvgIpc) is 2.57. The first-order chi connectivity index (χ1) is 11.8. The largest absolute Gasteiger partial charge is 0.373 e. The van der Waals surface area contributed by atoms with Crippen LogP contribution in [0.25, 0.3) is 0 Å². The zero-order chi connectivity index (χ0) is 18.5. The number of para-hydroxylation sites is 1. The van der Waals surface area contributed by atoms with Crippen LogP contribution in [0.5, 0.6) is 0 Å². The Morgan fingerprint density at radius 1 is 1.31 bits per heavy atom. The molecule has 0 aromatic heterocycles. The molecule has 1 saturated heterocycles. The van der Waals surface area contributed by atoms with E-state index in [4.69, 9.17) is 4.99 Å². The van der Waals surface area contributed by atoms with Crippen molar-refractivity contribution in [2.75, 3.05) is 50.4 Å². The minimum Gasteiger partial charge on any atom is -0.373 e. The molecule has 148 valence electrons. The molecular weight excluding hydrogens is 463 g/mol. The van der Waals surface area contributed by atoms with Crippen LogP contribution in [0.3, 0.4) is 0 Å². The summed E-state index contributed by atoms with van der Waals surface area (Å²) in [5.41, 5.74) is 1.16. The monoisotopic (exact) mass is 494 g/mol. The summed E-state index contributed by atoms with van der Waals surface area (Å²) in [6.07, 6.45) is 0. The fourth-order valence-electron chi connectivity index (χ4n) is 2.87. The highest BCUT2D eigenvalue weighted by atomic mass is 127. The van der Waals surface area contributed by atoms with Gasteiger partial charge in [-0.25, -0.2) is 8.42 Å². The third kappa shape index (κ3) is 5.73. The molecule has 1 aliphatic heterocycles. The molecule has 1 N–H and O–H groups in total. The number of hydrogen-bond donors (Lipinski definition) is 1. The predicted molar refractivity (Wildman–Crippen MR) is 121 cm³/mol. The fraction of sp³-hybridized carbons (Fsp3) is 0.611. The summed E-state index contributed by atoms with van der Waals surface area (Å²) in [6, 6.07) is 10.2. The average molecular weight is 494 g/mol. The van der Waals surface area contributed by atoms with Gasteiger partial charge in [0.1, 0.15) is 0 Å². The molecule has 1 aliphatic rings. The van der Waals surface area contributed by atoms with Crippen molar-refractivity contribution in [3.8, 4) is 0 Å². The second kappa shape index (κ2) is 9.77. The number of guanidine groups is 1. The van der Waals surface area contributed by atoms with Crippen molar-refractivity contribution in [3.63, 3.8) is 0 Å². The molecular formula is C18H31IN4O2S. The zero-order valence-electron chi connectivity index (χ0n) is 16.1. The van der Waals surface area contributed by atoms with Crippen LogP contribution >= 0.6 is 24.0 Å². The first kappa shape index (κ1) is 23.0. The normalized spacial score (nSPS) is 18.8. The van der Waals surface area contributed by atoms with Crippen molar-refractivity contribution < 1.29 is 8.42 Å². The molecule has 2 rings (SSSR count). The molecule has 1 fully saturated rings. The standard InChI is InChI=1S/C18H30N4O2S.HI/c1-5-19-17(22-13-14-25(23,24)18(2,3)15-22)20-11-12-21(4)16-9-7-6-8-10-16;/h6-10H,5,11-15H2,1-4H3,(H,19,20);1H. The van der Waals surface area contributed by atoms with Gasteiger partial charge >= 0.3 is 0 Å². The van der Waals surface area contributed by atoms with E-state index in [0.29, 0.717) is 19.6 Å². The minimum atomic E-state index is -3.05. The van der Waals surface area contributed by atoms with Gasteiger partial charge in [0.25, 0.3) is 0 Å². The van der Waals surface area contributed by atoms with Gasteiger partial charge in [-0.2, -0.15) is 0 Å². The fourth-order valence-corrected chi connectivity index (χ4v) is 4.23. The Morgan fingerprint density at radius 3 is 2.54 bits per heavy atom. The molecule has 0 aliphatic carbocycles. The van der Waals surface area contributed by atoms with Crippen LogP contribution in [0.15, 0.2) is 35.3 Å². The van der Waals surface area contributed by atoms with E-state index >= 15 is 0 Å². The van der Waals surface area contributed by atoms with Crippen molar-refractivity contribution >= 4 is 45.5 Å². The van der Waals surface area contributed by atoms with Crippen LogP contribution in [-0.2, 0) is 9.84 Å². The summed E-state index contributed by atoms with van der Waals surface area (Å²) in [5.74, 6) is 0.973. The number of anilines is 1. The van der Waals surface area contributed by atoms with Crippen LogP contribution in [0.2, 0.25) is 0 Å². The number of likely N-dealkylation sites (N-methyl/N-ethyl adjacent to an activating group) is 1. The van der Waals surface area contributed by atoms with E-state index in [-0.39, 0.29) is 29.7 Å². The van der Waals surface area contributed by atoms with Crippen LogP contribution in [0.1, 0.15) is 20.8 Å². The van der Waals surface area contributed by atoms with Crippen molar-refractivity contribution in [1.82, 2.24) is 10.2 Å². The van der Waals surface area contributed by atoms with Crippen molar-refractivity contribution in [2.24, 2.45) is 4.99 Å². The number of rotatable bonds is 5. The Balaban J connectivity index is 0.00000338. The lowest BCUT2D eigenvalue weighted by molar-refractivity contribution is 0.353. The quantitative estimate of drug-likeness (QED) is 0.387. The number of halogens is 1. The van der Waals surface area contributed by atoms with Gasteiger partial charge in [-0.3, -0.25) is 4.99 Å². The van der Waals surface area contributed by atoms with E-state index in [9.17, 15) is 8.42 Å². The van der Waals surface area contributed by atoms with Gasteiger partial charge < -0.3 is 15.1 Å². The van der Waals surface area contributed by atoms with Crippen molar-refractivity contribution in [2.45, 2.75) is 25.5 Å². The van der Waals surface area contributed by atoms with Crippen LogP contribution < -0.4 is 10.2 Å². The van der Waals surface area contributed by atoms with E-state index in [0.717, 1.165) is 24.7 Å². The van der Waals surface area contributed by atoms with Gasteiger partial charge in [0.2, 0.25) is 0 Å². The number of aliphatic imine (C=N–C) groups is 1. The minimum absolute atomic E-state index is 0. The number of sulfone groups is 1. The maximum Gasteiger partial charge on any atom is 0.194 e. The summed E-state index contributed by atoms with van der Waals surface area (Å²) in [5, 5.41) is 3.29.